The number of hydrogen-bond donors (Lipinski definition) is 1. The molecule has 0 aliphatic carbocycles. The molecule has 25 heavy (non-hydrogen) atoms. The van der Waals surface area contributed by atoms with Crippen LogP contribution in [0.2, 0.25) is 0 Å². The first kappa shape index (κ1) is 17.0. The van der Waals surface area contributed by atoms with Crippen LogP contribution in [0, 0.1) is 11.3 Å². The second-order valence-corrected chi connectivity index (χ2v) is 6.38. The van der Waals surface area contributed by atoms with E-state index < -0.39 is 0 Å². The molecule has 0 radical (unpaired) electrons. The number of hydrogen-bond acceptors (Lipinski definition) is 4. The predicted molar refractivity (Wildman–Crippen MR) is 99.4 cm³/mol. The molecule has 1 N–H and O–H groups in total. The van der Waals surface area contributed by atoms with Gasteiger partial charge in [0.05, 0.1) is 17.7 Å². The van der Waals surface area contributed by atoms with E-state index in [2.05, 4.69) is 40.4 Å². The minimum atomic E-state index is -0.259. The highest BCUT2D eigenvalue weighted by atomic mass is 16.2. The highest BCUT2D eigenvalue weighted by Gasteiger charge is 2.25. The molecule has 2 aromatic rings. The van der Waals surface area contributed by atoms with Gasteiger partial charge in [-0.3, -0.25) is 9.69 Å². The Morgan fingerprint density at radius 1 is 1.20 bits per heavy atom. The SMILES string of the molecule is CC(C(=O)Nc1cccc(C#N)c1)N1CCN(C)c2ccccc2C1. The summed E-state index contributed by atoms with van der Waals surface area (Å²) in [5, 5.41) is 11.9. The van der Waals surface area contributed by atoms with Crippen LogP contribution in [0.3, 0.4) is 0 Å². The maximum atomic E-state index is 12.7. The van der Waals surface area contributed by atoms with E-state index in [4.69, 9.17) is 5.26 Å². The lowest BCUT2D eigenvalue weighted by Gasteiger charge is -2.27. The quantitative estimate of drug-likeness (QED) is 0.938. The summed E-state index contributed by atoms with van der Waals surface area (Å²) in [5.41, 5.74) is 3.65. The van der Waals surface area contributed by atoms with E-state index in [0.717, 1.165) is 19.6 Å². The van der Waals surface area contributed by atoms with Crippen molar-refractivity contribution in [2.45, 2.75) is 19.5 Å². The maximum Gasteiger partial charge on any atom is 0.241 e. The average Bonchev–Trinajstić information content (AvgIpc) is 2.80. The van der Waals surface area contributed by atoms with Gasteiger partial charge in [-0.2, -0.15) is 5.26 Å². The number of nitrogens with zero attached hydrogens (tertiary/aromatic N) is 3. The van der Waals surface area contributed by atoms with E-state index in [0.29, 0.717) is 11.3 Å². The molecule has 3 rings (SSSR count). The Bertz CT molecular complexity index is 811. The lowest BCUT2D eigenvalue weighted by atomic mass is 10.1. The number of likely N-dealkylation sites (N-methyl/N-ethyl adjacent to an activating group) is 1. The van der Waals surface area contributed by atoms with Crippen molar-refractivity contribution in [3.05, 3.63) is 59.7 Å². The third-order valence-electron chi connectivity index (χ3n) is 4.69. The van der Waals surface area contributed by atoms with Gasteiger partial charge < -0.3 is 10.2 Å². The second kappa shape index (κ2) is 7.37. The fraction of sp³-hybridized carbons (Fsp3) is 0.300. The van der Waals surface area contributed by atoms with Gasteiger partial charge in [-0.1, -0.05) is 24.3 Å². The molecule has 0 spiro atoms. The molecule has 1 aliphatic rings. The predicted octanol–water partition coefficient (Wildman–Crippen LogP) is 2.84. The zero-order valence-electron chi connectivity index (χ0n) is 14.6. The molecular formula is C20H22N4O. The van der Waals surface area contributed by atoms with Crippen LogP contribution in [0.5, 0.6) is 0 Å². The number of anilines is 2. The van der Waals surface area contributed by atoms with Gasteiger partial charge in [-0.15, -0.1) is 0 Å². The number of carbonyl (C=O) groups is 1. The summed E-state index contributed by atoms with van der Waals surface area (Å²) >= 11 is 0. The zero-order chi connectivity index (χ0) is 17.8. The topological polar surface area (TPSA) is 59.4 Å². The molecule has 0 saturated heterocycles. The lowest BCUT2D eigenvalue weighted by Crippen LogP contribution is -2.43. The highest BCUT2D eigenvalue weighted by Crippen LogP contribution is 2.24. The standard InChI is InChI=1S/C20H22N4O/c1-15(20(25)22-18-8-5-6-16(12-18)13-21)24-11-10-23(2)19-9-4-3-7-17(19)14-24/h3-9,12,15H,10-11,14H2,1-2H3,(H,22,25). The molecule has 0 saturated carbocycles. The smallest absolute Gasteiger partial charge is 0.241 e. The summed E-state index contributed by atoms with van der Waals surface area (Å²) in [6.07, 6.45) is 0. The van der Waals surface area contributed by atoms with Gasteiger partial charge in [0, 0.05) is 38.1 Å². The number of para-hydroxylation sites is 1. The summed E-state index contributed by atoms with van der Waals surface area (Å²) in [6, 6.07) is 17.1. The molecule has 2 aromatic carbocycles. The van der Waals surface area contributed by atoms with Crippen molar-refractivity contribution in [3.8, 4) is 6.07 Å². The monoisotopic (exact) mass is 334 g/mol. The van der Waals surface area contributed by atoms with Crippen molar-refractivity contribution >= 4 is 17.3 Å². The Labute approximate surface area is 148 Å². The Morgan fingerprint density at radius 2 is 2.00 bits per heavy atom. The van der Waals surface area contributed by atoms with Crippen LogP contribution in [0.15, 0.2) is 48.5 Å². The van der Waals surface area contributed by atoms with E-state index in [1.807, 2.05) is 19.1 Å². The molecule has 128 valence electrons. The second-order valence-electron chi connectivity index (χ2n) is 6.38. The zero-order valence-corrected chi connectivity index (χ0v) is 14.6. The van der Waals surface area contributed by atoms with Crippen molar-refractivity contribution in [2.24, 2.45) is 0 Å². The molecule has 0 fully saturated rings. The summed E-state index contributed by atoms with van der Waals surface area (Å²) < 4.78 is 0. The summed E-state index contributed by atoms with van der Waals surface area (Å²) in [4.78, 5) is 17.1. The van der Waals surface area contributed by atoms with Crippen molar-refractivity contribution in [2.75, 3.05) is 30.4 Å². The first-order chi connectivity index (χ1) is 12.1. The van der Waals surface area contributed by atoms with Crippen LogP contribution in [0.4, 0.5) is 11.4 Å². The van der Waals surface area contributed by atoms with Gasteiger partial charge in [0.2, 0.25) is 5.91 Å². The normalized spacial score (nSPS) is 15.6. The highest BCUT2D eigenvalue weighted by molar-refractivity contribution is 5.94. The number of carbonyl (C=O) groups excluding carboxylic acids is 1. The van der Waals surface area contributed by atoms with E-state index >= 15 is 0 Å². The molecule has 5 nitrogen and oxygen atoms in total. The number of nitrogens with one attached hydrogen (secondary N) is 1. The van der Waals surface area contributed by atoms with E-state index in [1.165, 1.54) is 11.3 Å². The fourth-order valence-corrected chi connectivity index (χ4v) is 3.12. The Balaban J connectivity index is 1.73. The van der Waals surface area contributed by atoms with Crippen molar-refractivity contribution in [3.63, 3.8) is 0 Å². The van der Waals surface area contributed by atoms with Crippen molar-refractivity contribution in [1.82, 2.24) is 4.90 Å². The first-order valence-corrected chi connectivity index (χ1v) is 8.42. The number of fused-ring (bicyclic) bond motifs is 1. The first-order valence-electron chi connectivity index (χ1n) is 8.42. The molecule has 0 aromatic heterocycles. The summed E-state index contributed by atoms with van der Waals surface area (Å²) in [5.74, 6) is -0.0582. The molecule has 0 bridgehead atoms. The largest absolute Gasteiger partial charge is 0.373 e. The van der Waals surface area contributed by atoms with Gasteiger partial charge in [0.1, 0.15) is 0 Å². The van der Waals surface area contributed by atoms with Crippen LogP contribution in [0.1, 0.15) is 18.1 Å². The van der Waals surface area contributed by atoms with Crippen LogP contribution < -0.4 is 10.2 Å². The molecule has 1 unspecified atom stereocenters. The van der Waals surface area contributed by atoms with E-state index in [1.54, 1.807) is 24.3 Å². The van der Waals surface area contributed by atoms with Crippen LogP contribution in [-0.2, 0) is 11.3 Å². The molecule has 1 atom stereocenters. The van der Waals surface area contributed by atoms with Gasteiger partial charge in [-0.05, 0) is 36.8 Å². The fourth-order valence-electron chi connectivity index (χ4n) is 3.12. The molecular weight excluding hydrogens is 312 g/mol. The van der Waals surface area contributed by atoms with Gasteiger partial charge >= 0.3 is 0 Å². The lowest BCUT2D eigenvalue weighted by molar-refractivity contribution is -0.120. The minimum absolute atomic E-state index is 0.0582. The number of nitriles is 1. The van der Waals surface area contributed by atoms with Gasteiger partial charge in [-0.25, -0.2) is 0 Å². The van der Waals surface area contributed by atoms with Crippen LogP contribution in [-0.4, -0.2) is 37.0 Å². The van der Waals surface area contributed by atoms with Gasteiger partial charge in [0.15, 0.2) is 0 Å². The Kier molecular flexibility index (Phi) is 5.01. The van der Waals surface area contributed by atoms with Gasteiger partial charge in [0.25, 0.3) is 0 Å². The average molecular weight is 334 g/mol. The molecule has 5 heteroatoms. The minimum Gasteiger partial charge on any atom is -0.373 e. The Morgan fingerprint density at radius 3 is 2.80 bits per heavy atom. The summed E-state index contributed by atoms with van der Waals surface area (Å²) in [7, 11) is 2.08. The number of amides is 1. The van der Waals surface area contributed by atoms with Crippen molar-refractivity contribution in [1.29, 1.82) is 5.26 Å². The van der Waals surface area contributed by atoms with Crippen LogP contribution >= 0.6 is 0 Å². The molecule has 1 aliphatic heterocycles. The number of benzene rings is 2. The third-order valence-corrected chi connectivity index (χ3v) is 4.69. The number of rotatable bonds is 3. The van der Waals surface area contributed by atoms with E-state index in [9.17, 15) is 4.79 Å². The Hall–Kier alpha value is -2.84. The molecule has 1 amide bonds. The molecule has 1 heterocycles. The maximum absolute atomic E-state index is 12.7. The third kappa shape index (κ3) is 3.81. The summed E-state index contributed by atoms with van der Waals surface area (Å²) in [6.45, 7) is 4.36. The van der Waals surface area contributed by atoms with E-state index in [-0.39, 0.29) is 11.9 Å². The van der Waals surface area contributed by atoms with Crippen molar-refractivity contribution < 1.29 is 4.79 Å². The van der Waals surface area contributed by atoms with Crippen LogP contribution in [0.25, 0.3) is 0 Å².